The molecule has 1 saturated heterocycles. The van der Waals surface area contributed by atoms with E-state index in [1.54, 1.807) is 10.7 Å². The number of anilines is 1. The fourth-order valence-corrected chi connectivity index (χ4v) is 2.49. The monoisotopic (exact) mass is 313 g/mol. The molecule has 2 N–H and O–H groups in total. The highest BCUT2D eigenvalue weighted by Gasteiger charge is 2.25. The number of nitrogens with zero attached hydrogens (tertiary/aromatic N) is 3. The van der Waals surface area contributed by atoms with Crippen LogP contribution in [0.3, 0.4) is 0 Å². The lowest BCUT2D eigenvalue weighted by molar-refractivity contribution is 0.244. The summed E-state index contributed by atoms with van der Waals surface area (Å²) >= 11 is 3.41. The molecule has 0 radical (unpaired) electrons. The predicted octanol–water partition coefficient (Wildman–Crippen LogP) is 1.60. The maximum atomic E-state index is 13.7. The number of alkyl halides is 1. The van der Waals surface area contributed by atoms with Crippen molar-refractivity contribution in [2.24, 2.45) is 0 Å². The van der Waals surface area contributed by atoms with Gasteiger partial charge in [0, 0.05) is 17.2 Å². The Morgan fingerprint density at radius 2 is 2.44 bits per heavy atom. The highest BCUT2D eigenvalue weighted by molar-refractivity contribution is 9.10. The molecule has 2 aromatic rings. The van der Waals surface area contributed by atoms with Gasteiger partial charge in [0.05, 0.1) is 17.8 Å². The van der Waals surface area contributed by atoms with Crippen molar-refractivity contribution in [2.75, 3.05) is 18.4 Å². The normalized spacial score (nSPS) is 24.3. The van der Waals surface area contributed by atoms with Crippen LogP contribution < -0.4 is 10.6 Å². The Morgan fingerprint density at radius 1 is 1.56 bits per heavy atom. The van der Waals surface area contributed by atoms with Gasteiger partial charge >= 0.3 is 0 Å². The van der Waals surface area contributed by atoms with Crippen molar-refractivity contribution in [3.63, 3.8) is 0 Å². The number of halogens is 2. The zero-order chi connectivity index (χ0) is 12.5. The molecule has 2 atom stereocenters. The average Bonchev–Trinajstić information content (AvgIpc) is 2.74. The fraction of sp³-hybridized carbons (Fsp3) is 0.455. The molecular formula is C11H13BrFN5. The van der Waals surface area contributed by atoms with Crippen LogP contribution in [-0.4, -0.2) is 39.9 Å². The summed E-state index contributed by atoms with van der Waals surface area (Å²) in [5.41, 5.74) is 0.891. The van der Waals surface area contributed by atoms with Crippen molar-refractivity contribution < 1.29 is 4.39 Å². The van der Waals surface area contributed by atoms with E-state index in [1.165, 1.54) is 0 Å². The Bertz CT molecular complexity index is 557. The van der Waals surface area contributed by atoms with E-state index in [1.807, 2.05) is 12.3 Å². The summed E-state index contributed by atoms with van der Waals surface area (Å²) in [6.45, 7) is 1.20. The van der Waals surface area contributed by atoms with Gasteiger partial charge in [0.2, 0.25) is 5.95 Å². The molecule has 0 aliphatic carbocycles. The molecule has 3 rings (SSSR count). The van der Waals surface area contributed by atoms with Crippen LogP contribution in [-0.2, 0) is 0 Å². The topological polar surface area (TPSA) is 54.2 Å². The Balaban J connectivity index is 1.81. The van der Waals surface area contributed by atoms with E-state index in [-0.39, 0.29) is 6.04 Å². The molecule has 0 unspecified atom stereocenters. The molecule has 0 aromatic carbocycles. The fourth-order valence-electron chi connectivity index (χ4n) is 2.08. The van der Waals surface area contributed by atoms with E-state index in [0.717, 1.165) is 23.0 Å². The molecule has 5 nitrogen and oxygen atoms in total. The summed E-state index contributed by atoms with van der Waals surface area (Å²) in [5.74, 6) is 0.458. The molecule has 0 spiro atoms. The van der Waals surface area contributed by atoms with Crippen molar-refractivity contribution in [2.45, 2.75) is 18.6 Å². The molecule has 0 bridgehead atoms. The van der Waals surface area contributed by atoms with Gasteiger partial charge in [-0.3, -0.25) is 0 Å². The second-order valence-electron chi connectivity index (χ2n) is 4.33. The van der Waals surface area contributed by atoms with Crippen molar-refractivity contribution >= 4 is 27.4 Å². The van der Waals surface area contributed by atoms with Crippen LogP contribution in [0.25, 0.3) is 5.52 Å². The van der Waals surface area contributed by atoms with Gasteiger partial charge in [-0.25, -0.2) is 13.9 Å². The molecule has 2 aromatic heterocycles. The lowest BCUT2D eigenvalue weighted by atomic mass is 10.1. The number of piperidine rings is 1. The van der Waals surface area contributed by atoms with E-state index < -0.39 is 6.17 Å². The lowest BCUT2D eigenvalue weighted by Crippen LogP contribution is -2.45. The molecule has 0 saturated carbocycles. The van der Waals surface area contributed by atoms with Gasteiger partial charge < -0.3 is 10.6 Å². The molecule has 1 aliphatic rings. The molecule has 0 amide bonds. The van der Waals surface area contributed by atoms with Crippen molar-refractivity contribution in [3.05, 3.63) is 22.9 Å². The lowest BCUT2D eigenvalue weighted by Gasteiger charge is -2.27. The van der Waals surface area contributed by atoms with Gasteiger partial charge in [-0.2, -0.15) is 0 Å². The summed E-state index contributed by atoms with van der Waals surface area (Å²) in [6, 6.07) is 1.68. The number of nitrogens with one attached hydrogen (secondary N) is 2. The third-order valence-corrected chi connectivity index (χ3v) is 3.76. The first kappa shape index (κ1) is 11.9. The number of aromatic nitrogens is 3. The second-order valence-corrected chi connectivity index (χ2v) is 5.19. The van der Waals surface area contributed by atoms with Crippen LogP contribution in [0.1, 0.15) is 6.42 Å². The van der Waals surface area contributed by atoms with Crippen LogP contribution in [0, 0.1) is 0 Å². The third-order valence-electron chi connectivity index (χ3n) is 3.09. The average molecular weight is 314 g/mol. The second kappa shape index (κ2) is 4.81. The molecule has 96 valence electrons. The summed E-state index contributed by atoms with van der Waals surface area (Å²) in [7, 11) is 0. The number of fused-ring (bicyclic) bond motifs is 1. The maximum Gasteiger partial charge on any atom is 0.241 e. The Kier molecular flexibility index (Phi) is 3.17. The van der Waals surface area contributed by atoms with Crippen LogP contribution >= 0.6 is 15.9 Å². The SMILES string of the molecule is F[C@@H]1CNCC[C@@H]1Nc1ncc2c(Br)ccn2n1. The van der Waals surface area contributed by atoms with Gasteiger partial charge in [-0.05, 0) is 35.0 Å². The Labute approximate surface area is 112 Å². The smallest absolute Gasteiger partial charge is 0.241 e. The molecule has 7 heteroatoms. The summed E-state index contributed by atoms with van der Waals surface area (Å²) in [4.78, 5) is 4.21. The molecule has 1 aliphatic heterocycles. The van der Waals surface area contributed by atoms with Crippen molar-refractivity contribution in [1.29, 1.82) is 0 Å². The minimum atomic E-state index is -0.908. The standard InChI is InChI=1S/C11H13BrFN5/c12-7-2-4-18-10(7)6-15-11(17-18)16-9-1-3-14-5-8(9)13/h2,4,6,8-9,14H,1,3,5H2,(H,16,17)/t8-,9+/m1/s1. The number of hydrogen-bond donors (Lipinski definition) is 2. The number of rotatable bonds is 2. The maximum absolute atomic E-state index is 13.7. The minimum absolute atomic E-state index is 0.220. The van der Waals surface area contributed by atoms with Crippen LogP contribution in [0.4, 0.5) is 10.3 Å². The summed E-state index contributed by atoms with van der Waals surface area (Å²) < 4.78 is 16.3. The van der Waals surface area contributed by atoms with Gasteiger partial charge in [-0.1, -0.05) is 0 Å². The van der Waals surface area contributed by atoms with Crippen LogP contribution in [0.5, 0.6) is 0 Å². The van der Waals surface area contributed by atoms with E-state index >= 15 is 0 Å². The Hall–Kier alpha value is -1.21. The number of hydrogen-bond acceptors (Lipinski definition) is 4. The first-order chi connectivity index (χ1) is 8.74. The molecule has 3 heterocycles. The highest BCUT2D eigenvalue weighted by atomic mass is 79.9. The molecule has 18 heavy (non-hydrogen) atoms. The van der Waals surface area contributed by atoms with E-state index in [4.69, 9.17) is 0 Å². The predicted molar refractivity (Wildman–Crippen MR) is 70.5 cm³/mol. The van der Waals surface area contributed by atoms with Gasteiger partial charge in [-0.15, -0.1) is 5.10 Å². The highest BCUT2D eigenvalue weighted by Crippen LogP contribution is 2.18. The summed E-state index contributed by atoms with van der Waals surface area (Å²) in [6.07, 6.45) is 3.38. The minimum Gasteiger partial charge on any atom is -0.347 e. The van der Waals surface area contributed by atoms with Gasteiger partial charge in [0.15, 0.2) is 0 Å². The van der Waals surface area contributed by atoms with Crippen LogP contribution in [0.2, 0.25) is 0 Å². The largest absolute Gasteiger partial charge is 0.347 e. The Morgan fingerprint density at radius 3 is 3.28 bits per heavy atom. The van der Waals surface area contributed by atoms with Crippen molar-refractivity contribution in [1.82, 2.24) is 19.9 Å². The summed E-state index contributed by atoms with van der Waals surface area (Å²) in [5, 5.41) is 10.4. The van der Waals surface area contributed by atoms with Crippen molar-refractivity contribution in [3.8, 4) is 0 Å². The van der Waals surface area contributed by atoms with Gasteiger partial charge in [0.1, 0.15) is 6.17 Å². The zero-order valence-corrected chi connectivity index (χ0v) is 11.2. The third kappa shape index (κ3) is 2.20. The first-order valence-corrected chi connectivity index (χ1v) is 6.64. The first-order valence-electron chi connectivity index (χ1n) is 5.85. The van der Waals surface area contributed by atoms with E-state index in [9.17, 15) is 4.39 Å². The molecule has 1 fully saturated rings. The quantitative estimate of drug-likeness (QED) is 0.884. The molecular weight excluding hydrogens is 301 g/mol. The van der Waals surface area contributed by atoms with Gasteiger partial charge in [0.25, 0.3) is 0 Å². The van der Waals surface area contributed by atoms with E-state index in [0.29, 0.717) is 12.5 Å². The zero-order valence-electron chi connectivity index (χ0n) is 9.61. The van der Waals surface area contributed by atoms with E-state index in [2.05, 4.69) is 36.6 Å². The van der Waals surface area contributed by atoms with Crippen LogP contribution in [0.15, 0.2) is 22.9 Å².